The Hall–Kier alpha value is -3.34. The molecule has 0 fully saturated rings. The highest BCUT2D eigenvalue weighted by Crippen LogP contribution is 2.16. The fraction of sp³-hybridized carbons (Fsp3) is 0.143. The summed E-state index contributed by atoms with van der Waals surface area (Å²) in [6.45, 7) is 0.718. The number of methoxy groups -OCH3 is 1. The molecule has 0 aliphatic carbocycles. The molecular formula is C21H20N2O3. The van der Waals surface area contributed by atoms with Gasteiger partial charge in [0, 0.05) is 11.8 Å². The maximum Gasteiger partial charge on any atom is 0.151 e. The number of rotatable bonds is 8. The Morgan fingerprint density at radius 2 is 1.58 bits per heavy atom. The Morgan fingerprint density at radius 1 is 0.846 bits per heavy atom. The maximum absolute atomic E-state index is 5.63. The van der Waals surface area contributed by atoms with Crippen molar-refractivity contribution in [2.24, 2.45) is 5.16 Å². The van der Waals surface area contributed by atoms with E-state index < -0.39 is 0 Å². The molecule has 0 aliphatic rings. The Kier molecular flexibility index (Phi) is 6.20. The third-order valence-electron chi connectivity index (χ3n) is 3.61. The Labute approximate surface area is 152 Å². The van der Waals surface area contributed by atoms with Crippen LogP contribution in [0.1, 0.15) is 11.3 Å². The minimum atomic E-state index is 0.329. The molecule has 0 saturated carbocycles. The van der Waals surface area contributed by atoms with Crippen molar-refractivity contribution >= 4 is 5.71 Å². The van der Waals surface area contributed by atoms with Crippen molar-refractivity contribution in [3.63, 3.8) is 0 Å². The lowest BCUT2D eigenvalue weighted by Gasteiger charge is -2.08. The van der Waals surface area contributed by atoms with E-state index in [4.69, 9.17) is 14.3 Å². The van der Waals surface area contributed by atoms with Crippen LogP contribution in [0.15, 0.2) is 84.1 Å². The van der Waals surface area contributed by atoms with Crippen molar-refractivity contribution in [2.75, 3.05) is 20.3 Å². The highest BCUT2D eigenvalue weighted by molar-refractivity contribution is 6.11. The zero-order chi connectivity index (χ0) is 18.0. The molecule has 0 aliphatic heterocycles. The smallest absolute Gasteiger partial charge is 0.151 e. The van der Waals surface area contributed by atoms with Crippen LogP contribution in [0, 0.1) is 0 Å². The first-order valence-corrected chi connectivity index (χ1v) is 8.30. The summed E-state index contributed by atoms with van der Waals surface area (Å²) in [6, 6.07) is 22.9. The summed E-state index contributed by atoms with van der Waals surface area (Å²) < 4.78 is 10.8. The van der Waals surface area contributed by atoms with Crippen LogP contribution < -0.4 is 9.47 Å². The number of benzene rings is 2. The summed E-state index contributed by atoms with van der Waals surface area (Å²) in [7, 11) is 1.63. The second-order valence-electron chi connectivity index (χ2n) is 5.38. The highest BCUT2D eigenvalue weighted by Gasteiger charge is 2.08. The first kappa shape index (κ1) is 17.5. The third kappa shape index (κ3) is 4.83. The van der Waals surface area contributed by atoms with Gasteiger partial charge < -0.3 is 14.3 Å². The lowest BCUT2D eigenvalue weighted by molar-refractivity contribution is 0.107. The van der Waals surface area contributed by atoms with Crippen molar-refractivity contribution in [3.8, 4) is 11.5 Å². The zero-order valence-electron chi connectivity index (χ0n) is 14.5. The van der Waals surface area contributed by atoms with Crippen LogP contribution in [-0.2, 0) is 4.84 Å². The first-order chi connectivity index (χ1) is 12.9. The van der Waals surface area contributed by atoms with E-state index in [1.165, 1.54) is 0 Å². The first-order valence-electron chi connectivity index (χ1n) is 8.30. The number of oxime groups is 1. The molecule has 1 heterocycles. The monoisotopic (exact) mass is 348 g/mol. The highest BCUT2D eigenvalue weighted by atomic mass is 16.6. The molecule has 5 heteroatoms. The molecule has 0 spiro atoms. The number of ether oxygens (including phenoxy) is 2. The minimum absolute atomic E-state index is 0.329. The van der Waals surface area contributed by atoms with Gasteiger partial charge in [0.05, 0.1) is 12.8 Å². The summed E-state index contributed by atoms with van der Waals surface area (Å²) in [4.78, 5) is 9.83. The summed E-state index contributed by atoms with van der Waals surface area (Å²) in [5.74, 6) is 1.55. The molecule has 0 N–H and O–H groups in total. The van der Waals surface area contributed by atoms with Gasteiger partial charge in [-0.2, -0.15) is 0 Å². The SMILES string of the molecule is COc1ccc(OCCON=C(c2ccccc2)c2ccccn2)cc1. The Morgan fingerprint density at radius 3 is 2.27 bits per heavy atom. The van der Waals surface area contributed by atoms with Crippen molar-refractivity contribution < 1.29 is 14.3 Å². The predicted octanol–water partition coefficient (Wildman–Crippen LogP) is 3.94. The van der Waals surface area contributed by atoms with Crippen LogP contribution in [0.5, 0.6) is 11.5 Å². The van der Waals surface area contributed by atoms with Crippen molar-refractivity contribution in [3.05, 3.63) is 90.3 Å². The summed E-state index contributed by atoms with van der Waals surface area (Å²) in [6.07, 6.45) is 1.74. The molecule has 0 bridgehead atoms. The zero-order valence-corrected chi connectivity index (χ0v) is 14.5. The molecule has 0 atom stereocenters. The second-order valence-corrected chi connectivity index (χ2v) is 5.38. The topological polar surface area (TPSA) is 52.9 Å². The summed E-state index contributed by atoms with van der Waals surface area (Å²) in [5.41, 5.74) is 2.40. The van der Waals surface area contributed by atoms with Gasteiger partial charge in [-0.3, -0.25) is 4.98 Å². The molecule has 0 saturated heterocycles. The number of hydrogen-bond donors (Lipinski definition) is 0. The van der Waals surface area contributed by atoms with Gasteiger partial charge in [-0.25, -0.2) is 0 Å². The fourth-order valence-electron chi connectivity index (χ4n) is 2.33. The Balaban J connectivity index is 1.60. The van der Waals surface area contributed by atoms with Crippen LogP contribution in [0.3, 0.4) is 0 Å². The van der Waals surface area contributed by atoms with Gasteiger partial charge in [-0.1, -0.05) is 41.6 Å². The average molecular weight is 348 g/mol. The van der Waals surface area contributed by atoms with E-state index in [-0.39, 0.29) is 0 Å². The van der Waals surface area contributed by atoms with E-state index in [2.05, 4.69) is 10.1 Å². The number of aromatic nitrogens is 1. The van der Waals surface area contributed by atoms with Gasteiger partial charge in [-0.05, 0) is 36.4 Å². The van der Waals surface area contributed by atoms with Crippen molar-refractivity contribution in [1.29, 1.82) is 0 Å². The fourth-order valence-corrected chi connectivity index (χ4v) is 2.33. The van der Waals surface area contributed by atoms with Gasteiger partial charge in [-0.15, -0.1) is 0 Å². The molecule has 5 nitrogen and oxygen atoms in total. The second kappa shape index (κ2) is 9.22. The van der Waals surface area contributed by atoms with Gasteiger partial charge in [0.15, 0.2) is 6.61 Å². The van der Waals surface area contributed by atoms with Gasteiger partial charge in [0.25, 0.3) is 0 Å². The summed E-state index contributed by atoms with van der Waals surface area (Å²) in [5, 5.41) is 4.28. The van der Waals surface area contributed by atoms with Crippen molar-refractivity contribution in [1.82, 2.24) is 4.98 Å². The molecule has 2 aromatic carbocycles. The van der Waals surface area contributed by atoms with Crippen LogP contribution in [0.2, 0.25) is 0 Å². The molecule has 0 amide bonds. The van der Waals surface area contributed by atoms with Crippen LogP contribution in [0.25, 0.3) is 0 Å². The van der Waals surface area contributed by atoms with E-state index in [9.17, 15) is 0 Å². The molecule has 132 valence electrons. The average Bonchev–Trinajstić information content (AvgIpc) is 2.72. The molecule has 26 heavy (non-hydrogen) atoms. The largest absolute Gasteiger partial charge is 0.497 e. The number of nitrogens with zero attached hydrogens (tertiary/aromatic N) is 2. The molecular weight excluding hydrogens is 328 g/mol. The van der Waals surface area contributed by atoms with Crippen molar-refractivity contribution in [2.45, 2.75) is 0 Å². The van der Waals surface area contributed by atoms with Gasteiger partial charge in [0.1, 0.15) is 23.8 Å². The molecule has 3 rings (SSSR count). The lowest BCUT2D eigenvalue weighted by atomic mass is 10.1. The van der Waals surface area contributed by atoms with Crippen LogP contribution >= 0.6 is 0 Å². The van der Waals surface area contributed by atoms with E-state index in [0.29, 0.717) is 18.9 Å². The maximum atomic E-state index is 5.63. The van der Waals surface area contributed by atoms with Crippen LogP contribution in [-0.4, -0.2) is 31.0 Å². The molecule has 0 radical (unpaired) electrons. The van der Waals surface area contributed by atoms with E-state index in [1.54, 1.807) is 13.3 Å². The molecule has 1 aromatic heterocycles. The molecule has 3 aromatic rings. The van der Waals surface area contributed by atoms with E-state index in [0.717, 1.165) is 22.8 Å². The number of hydrogen-bond acceptors (Lipinski definition) is 5. The lowest BCUT2D eigenvalue weighted by Crippen LogP contribution is -2.09. The number of pyridine rings is 1. The van der Waals surface area contributed by atoms with Crippen LogP contribution in [0.4, 0.5) is 0 Å². The van der Waals surface area contributed by atoms with E-state index >= 15 is 0 Å². The van der Waals surface area contributed by atoms with Gasteiger partial charge in [0.2, 0.25) is 0 Å². The van der Waals surface area contributed by atoms with Gasteiger partial charge >= 0.3 is 0 Å². The predicted molar refractivity (Wildman–Crippen MR) is 101 cm³/mol. The van der Waals surface area contributed by atoms with E-state index in [1.807, 2.05) is 72.8 Å². The molecule has 0 unspecified atom stereocenters. The minimum Gasteiger partial charge on any atom is -0.497 e. The third-order valence-corrected chi connectivity index (χ3v) is 3.61. The standard InChI is InChI=1S/C21H20N2O3/c1-24-18-10-12-19(13-11-18)25-15-16-26-23-21(17-7-3-2-4-8-17)20-9-5-6-14-22-20/h2-14H,15-16H2,1H3. The summed E-state index contributed by atoms with van der Waals surface area (Å²) >= 11 is 0. The Bertz CT molecular complexity index is 777. The quantitative estimate of drug-likeness (QED) is 0.351. The normalized spacial score (nSPS) is 11.0.